The Hall–Kier alpha value is -1.97. The fraction of sp³-hybridized carbons (Fsp3) is 0.520. The average Bonchev–Trinajstić information content (AvgIpc) is 2.72. The summed E-state index contributed by atoms with van der Waals surface area (Å²) in [6.07, 6.45) is 9.32. The standard InChI is InChI=1S/C25H31F3O/c1-3-5-17-6-8-18(9-7-17)10-11-19-12-13-20(16-22(19)26)21-14-15-23(29-4-2)25(28)24(21)27/h12-18H,3-11H2,1-2H3. The number of hydrogen-bond donors (Lipinski definition) is 0. The van der Waals surface area contributed by atoms with Crippen LogP contribution in [0.25, 0.3) is 11.1 Å². The number of rotatable bonds is 8. The van der Waals surface area contributed by atoms with Crippen molar-refractivity contribution >= 4 is 0 Å². The van der Waals surface area contributed by atoms with Crippen LogP contribution < -0.4 is 4.74 Å². The average molecular weight is 405 g/mol. The van der Waals surface area contributed by atoms with Crippen LogP contribution in [-0.4, -0.2) is 6.61 Å². The third-order valence-electron chi connectivity index (χ3n) is 6.20. The van der Waals surface area contributed by atoms with Gasteiger partial charge in [-0.1, -0.05) is 57.6 Å². The first-order valence-electron chi connectivity index (χ1n) is 10.9. The van der Waals surface area contributed by atoms with Crippen LogP contribution in [0.1, 0.15) is 64.4 Å². The molecule has 0 atom stereocenters. The Morgan fingerprint density at radius 2 is 1.55 bits per heavy atom. The Morgan fingerprint density at radius 1 is 0.862 bits per heavy atom. The quantitative estimate of drug-likeness (QED) is 0.438. The van der Waals surface area contributed by atoms with Crippen molar-refractivity contribution in [3.05, 3.63) is 53.3 Å². The molecule has 0 bridgehead atoms. The van der Waals surface area contributed by atoms with Gasteiger partial charge in [0.1, 0.15) is 5.82 Å². The van der Waals surface area contributed by atoms with Gasteiger partial charge in [0.2, 0.25) is 5.82 Å². The van der Waals surface area contributed by atoms with Gasteiger partial charge in [0.15, 0.2) is 11.6 Å². The maximum Gasteiger partial charge on any atom is 0.201 e. The molecule has 1 nitrogen and oxygen atoms in total. The molecule has 0 radical (unpaired) electrons. The Morgan fingerprint density at radius 3 is 2.17 bits per heavy atom. The summed E-state index contributed by atoms with van der Waals surface area (Å²) in [7, 11) is 0. The molecule has 1 aliphatic rings. The van der Waals surface area contributed by atoms with E-state index in [1.165, 1.54) is 56.7 Å². The van der Waals surface area contributed by atoms with Crippen LogP contribution in [0.2, 0.25) is 0 Å². The molecule has 3 rings (SSSR count). The molecular weight excluding hydrogens is 373 g/mol. The highest BCUT2D eigenvalue weighted by Crippen LogP contribution is 2.35. The molecule has 2 aromatic carbocycles. The van der Waals surface area contributed by atoms with E-state index in [0.717, 1.165) is 12.3 Å². The molecule has 2 aromatic rings. The van der Waals surface area contributed by atoms with E-state index in [2.05, 4.69) is 6.92 Å². The topological polar surface area (TPSA) is 9.23 Å². The van der Waals surface area contributed by atoms with Crippen LogP contribution in [0.5, 0.6) is 5.75 Å². The number of halogens is 3. The Labute approximate surface area is 172 Å². The van der Waals surface area contributed by atoms with Gasteiger partial charge in [-0.05, 0) is 60.9 Å². The molecule has 0 unspecified atom stereocenters. The summed E-state index contributed by atoms with van der Waals surface area (Å²) in [6.45, 7) is 4.20. The highest BCUT2D eigenvalue weighted by Gasteiger charge is 2.21. The molecule has 0 aromatic heterocycles. The first kappa shape index (κ1) is 21.7. The first-order chi connectivity index (χ1) is 14.0. The third kappa shape index (κ3) is 5.34. The van der Waals surface area contributed by atoms with E-state index < -0.39 is 11.6 Å². The van der Waals surface area contributed by atoms with Crippen LogP contribution >= 0.6 is 0 Å². The second-order valence-electron chi connectivity index (χ2n) is 8.19. The van der Waals surface area contributed by atoms with Gasteiger partial charge in [0.05, 0.1) is 6.61 Å². The lowest BCUT2D eigenvalue weighted by Gasteiger charge is -2.28. The molecule has 4 heteroatoms. The SMILES string of the molecule is CCCC1CCC(CCc2ccc(-c3ccc(OCC)c(F)c3F)cc2F)CC1. The minimum Gasteiger partial charge on any atom is -0.491 e. The smallest absolute Gasteiger partial charge is 0.201 e. The van der Waals surface area contributed by atoms with Gasteiger partial charge in [0, 0.05) is 5.56 Å². The van der Waals surface area contributed by atoms with E-state index in [9.17, 15) is 13.2 Å². The fourth-order valence-corrected chi connectivity index (χ4v) is 4.52. The number of hydrogen-bond acceptors (Lipinski definition) is 1. The van der Waals surface area contributed by atoms with E-state index in [4.69, 9.17) is 4.74 Å². The molecule has 29 heavy (non-hydrogen) atoms. The van der Waals surface area contributed by atoms with E-state index in [1.807, 2.05) is 0 Å². The van der Waals surface area contributed by atoms with Crippen molar-refractivity contribution in [1.82, 2.24) is 0 Å². The normalized spacial score (nSPS) is 19.3. The van der Waals surface area contributed by atoms with E-state index in [1.54, 1.807) is 19.1 Å². The zero-order valence-corrected chi connectivity index (χ0v) is 17.4. The minimum atomic E-state index is -1.03. The summed E-state index contributed by atoms with van der Waals surface area (Å²) in [4.78, 5) is 0. The lowest BCUT2D eigenvalue weighted by molar-refractivity contribution is 0.252. The summed E-state index contributed by atoms with van der Waals surface area (Å²) in [5.74, 6) is -0.980. The zero-order chi connectivity index (χ0) is 20.8. The van der Waals surface area contributed by atoms with Crippen LogP contribution in [0, 0.1) is 29.3 Å². The molecule has 0 spiro atoms. The molecule has 158 valence electrons. The van der Waals surface area contributed by atoms with Crippen molar-refractivity contribution in [2.45, 2.75) is 65.2 Å². The second kappa shape index (κ2) is 10.2. The lowest BCUT2D eigenvalue weighted by atomic mass is 9.78. The molecule has 1 saturated carbocycles. The van der Waals surface area contributed by atoms with Crippen LogP contribution in [0.15, 0.2) is 30.3 Å². The van der Waals surface area contributed by atoms with Gasteiger partial charge in [-0.2, -0.15) is 4.39 Å². The van der Waals surface area contributed by atoms with Gasteiger partial charge in [-0.3, -0.25) is 0 Å². The van der Waals surface area contributed by atoms with E-state index in [0.29, 0.717) is 23.5 Å². The zero-order valence-electron chi connectivity index (χ0n) is 17.4. The molecule has 0 heterocycles. The fourth-order valence-electron chi connectivity index (χ4n) is 4.52. The Balaban J connectivity index is 1.64. The lowest BCUT2D eigenvalue weighted by Crippen LogP contribution is -2.15. The molecule has 1 fully saturated rings. The Bertz CT molecular complexity index is 810. The van der Waals surface area contributed by atoms with Gasteiger partial charge in [0.25, 0.3) is 0 Å². The van der Waals surface area contributed by atoms with Crippen LogP contribution in [-0.2, 0) is 6.42 Å². The van der Waals surface area contributed by atoms with Gasteiger partial charge in [-0.15, -0.1) is 0 Å². The summed E-state index contributed by atoms with van der Waals surface area (Å²) >= 11 is 0. The van der Waals surface area contributed by atoms with Gasteiger partial charge >= 0.3 is 0 Å². The summed E-state index contributed by atoms with van der Waals surface area (Å²) in [5.41, 5.74) is 1.03. The molecule has 0 saturated heterocycles. The highest BCUT2D eigenvalue weighted by molar-refractivity contribution is 5.65. The van der Waals surface area contributed by atoms with Crippen LogP contribution in [0.4, 0.5) is 13.2 Å². The predicted octanol–water partition coefficient (Wildman–Crippen LogP) is 7.71. The number of aryl methyl sites for hydroxylation is 1. The van der Waals surface area contributed by atoms with Crippen molar-refractivity contribution in [3.63, 3.8) is 0 Å². The van der Waals surface area contributed by atoms with Crippen molar-refractivity contribution in [2.75, 3.05) is 6.61 Å². The Kier molecular flexibility index (Phi) is 7.63. The largest absolute Gasteiger partial charge is 0.491 e. The monoisotopic (exact) mass is 404 g/mol. The predicted molar refractivity (Wildman–Crippen MR) is 112 cm³/mol. The number of ether oxygens (including phenoxy) is 1. The van der Waals surface area contributed by atoms with Gasteiger partial charge < -0.3 is 4.74 Å². The second-order valence-corrected chi connectivity index (χ2v) is 8.19. The first-order valence-corrected chi connectivity index (χ1v) is 10.9. The third-order valence-corrected chi connectivity index (χ3v) is 6.20. The molecular formula is C25H31F3O. The summed E-state index contributed by atoms with van der Waals surface area (Å²) in [5, 5.41) is 0. The molecule has 0 amide bonds. The summed E-state index contributed by atoms with van der Waals surface area (Å²) in [6, 6.07) is 7.52. The summed E-state index contributed by atoms with van der Waals surface area (Å²) < 4.78 is 48.2. The van der Waals surface area contributed by atoms with Crippen molar-refractivity contribution in [1.29, 1.82) is 0 Å². The highest BCUT2D eigenvalue weighted by atomic mass is 19.2. The maximum atomic E-state index is 14.6. The van der Waals surface area contributed by atoms with Gasteiger partial charge in [-0.25, -0.2) is 8.78 Å². The molecule has 1 aliphatic carbocycles. The van der Waals surface area contributed by atoms with Crippen molar-refractivity contribution in [3.8, 4) is 16.9 Å². The molecule has 0 N–H and O–H groups in total. The van der Waals surface area contributed by atoms with Crippen molar-refractivity contribution in [2.24, 2.45) is 11.8 Å². The van der Waals surface area contributed by atoms with Crippen LogP contribution in [0.3, 0.4) is 0 Å². The van der Waals surface area contributed by atoms with E-state index in [-0.39, 0.29) is 23.7 Å². The minimum absolute atomic E-state index is 0.0469. The van der Waals surface area contributed by atoms with E-state index >= 15 is 0 Å². The van der Waals surface area contributed by atoms with Crippen molar-refractivity contribution < 1.29 is 17.9 Å². The maximum absolute atomic E-state index is 14.6. The number of benzene rings is 2. The molecule has 0 aliphatic heterocycles.